The van der Waals surface area contributed by atoms with Crippen LogP contribution in [0.15, 0.2) is 59.7 Å². The van der Waals surface area contributed by atoms with Crippen molar-refractivity contribution in [2.24, 2.45) is 5.10 Å². The van der Waals surface area contributed by atoms with Crippen LogP contribution in [0.2, 0.25) is 0 Å². The third kappa shape index (κ3) is 4.20. The van der Waals surface area contributed by atoms with Crippen LogP contribution in [-0.4, -0.2) is 38.5 Å². The fourth-order valence-electron chi connectivity index (χ4n) is 3.03. The summed E-state index contributed by atoms with van der Waals surface area (Å²) in [6, 6.07) is 15.7. The van der Waals surface area contributed by atoms with Crippen LogP contribution in [-0.2, 0) is 20.0 Å². The third-order valence-corrected chi connectivity index (χ3v) is 7.52. The number of benzene rings is 2. The van der Waals surface area contributed by atoms with Gasteiger partial charge in [0.15, 0.2) is 0 Å². The first-order valence-corrected chi connectivity index (χ1v) is 12.3. The first-order valence-electron chi connectivity index (χ1n) is 9.02. The summed E-state index contributed by atoms with van der Waals surface area (Å²) in [7, 11) is -7.06. The number of sulfonamides is 2. The quantitative estimate of drug-likeness (QED) is 0.743. The van der Waals surface area contributed by atoms with Crippen molar-refractivity contribution in [2.45, 2.75) is 26.3 Å². The number of nitrogens with one attached hydrogen (secondary N) is 1. The number of para-hydroxylation sites is 1. The molecule has 1 unspecified atom stereocenters. The smallest absolute Gasteiger partial charge is 0.250 e. The van der Waals surface area contributed by atoms with Crippen molar-refractivity contribution in [3.05, 3.63) is 65.7 Å². The summed E-state index contributed by atoms with van der Waals surface area (Å²) in [6.45, 7) is 3.13. The molecule has 2 aromatic rings. The summed E-state index contributed by atoms with van der Waals surface area (Å²) < 4.78 is 53.0. The number of hydrogen-bond acceptors (Lipinski definition) is 5. The maximum absolute atomic E-state index is 12.6. The largest absolute Gasteiger partial charge is 0.283 e. The van der Waals surface area contributed by atoms with Gasteiger partial charge in [-0.2, -0.15) is 9.52 Å². The van der Waals surface area contributed by atoms with Gasteiger partial charge in [0.05, 0.1) is 28.9 Å². The highest BCUT2D eigenvalue weighted by Gasteiger charge is 2.36. The Balaban J connectivity index is 2.05. The Kier molecular flexibility index (Phi) is 5.76. The van der Waals surface area contributed by atoms with Gasteiger partial charge in [-0.1, -0.05) is 48.5 Å². The maximum atomic E-state index is 12.6. The zero-order valence-electron chi connectivity index (χ0n) is 15.7. The van der Waals surface area contributed by atoms with Crippen LogP contribution >= 0.6 is 0 Å². The molecule has 0 saturated heterocycles. The monoisotopic (exact) mass is 421 g/mol. The van der Waals surface area contributed by atoms with Gasteiger partial charge in [0, 0.05) is 12.0 Å². The van der Waals surface area contributed by atoms with Crippen molar-refractivity contribution in [2.75, 3.05) is 16.2 Å². The number of hydrogen-bond donors (Lipinski definition) is 1. The summed E-state index contributed by atoms with van der Waals surface area (Å²) in [4.78, 5) is 0. The van der Waals surface area contributed by atoms with Gasteiger partial charge >= 0.3 is 0 Å². The molecule has 1 heterocycles. The van der Waals surface area contributed by atoms with Gasteiger partial charge in [0.25, 0.3) is 0 Å². The summed E-state index contributed by atoms with van der Waals surface area (Å²) in [5, 5.41) is 4.40. The molecule has 150 valence electrons. The lowest BCUT2D eigenvalue weighted by Gasteiger charge is -2.22. The number of hydrazone groups is 1. The van der Waals surface area contributed by atoms with Crippen LogP contribution in [0.1, 0.15) is 37.4 Å². The molecule has 28 heavy (non-hydrogen) atoms. The molecular formula is C19H23N3O4S2. The minimum atomic E-state index is -3.58. The molecule has 1 N–H and O–H groups in total. The SMILES string of the molecule is CCS(=O)(=O)Nc1ccccc1C1=NN(S(=O)(=O)CC)C(c2ccccc2)C1. The van der Waals surface area contributed by atoms with E-state index in [1.165, 1.54) is 0 Å². The number of nitrogens with zero attached hydrogens (tertiary/aromatic N) is 2. The Bertz CT molecular complexity index is 1080. The van der Waals surface area contributed by atoms with Gasteiger partial charge in [-0.15, -0.1) is 0 Å². The minimum Gasteiger partial charge on any atom is -0.283 e. The molecule has 0 bridgehead atoms. The Morgan fingerprint density at radius 1 is 0.964 bits per heavy atom. The molecule has 1 aliphatic rings. The Morgan fingerprint density at radius 3 is 2.25 bits per heavy atom. The van der Waals surface area contributed by atoms with E-state index < -0.39 is 26.1 Å². The molecule has 0 radical (unpaired) electrons. The molecule has 0 aliphatic carbocycles. The topological polar surface area (TPSA) is 95.9 Å². The van der Waals surface area contributed by atoms with E-state index in [4.69, 9.17) is 0 Å². The zero-order chi connectivity index (χ0) is 20.4. The lowest BCUT2D eigenvalue weighted by atomic mass is 9.98. The lowest BCUT2D eigenvalue weighted by Crippen LogP contribution is -2.28. The second-order valence-corrected chi connectivity index (χ2v) is 10.5. The second-order valence-electron chi connectivity index (χ2n) is 6.40. The number of anilines is 1. The van der Waals surface area contributed by atoms with Crippen LogP contribution < -0.4 is 4.72 Å². The van der Waals surface area contributed by atoms with Crippen LogP contribution in [0.4, 0.5) is 5.69 Å². The van der Waals surface area contributed by atoms with Crippen LogP contribution in [0.25, 0.3) is 0 Å². The Hall–Kier alpha value is -2.39. The second kappa shape index (κ2) is 7.92. The zero-order valence-corrected chi connectivity index (χ0v) is 17.4. The molecule has 3 rings (SSSR count). The molecule has 1 aliphatic heterocycles. The average Bonchev–Trinajstić information content (AvgIpc) is 3.15. The normalized spacial score (nSPS) is 17.4. The first-order chi connectivity index (χ1) is 13.3. The van der Waals surface area contributed by atoms with Crippen LogP contribution in [0, 0.1) is 0 Å². The van der Waals surface area contributed by atoms with Crippen molar-refractivity contribution in [3.63, 3.8) is 0 Å². The van der Waals surface area contributed by atoms with E-state index in [2.05, 4.69) is 9.82 Å². The van der Waals surface area contributed by atoms with Gasteiger partial charge in [0.1, 0.15) is 0 Å². The van der Waals surface area contributed by atoms with Crippen LogP contribution in [0.5, 0.6) is 0 Å². The summed E-state index contributed by atoms with van der Waals surface area (Å²) in [6.07, 6.45) is 0.355. The van der Waals surface area contributed by atoms with E-state index in [-0.39, 0.29) is 11.5 Å². The van der Waals surface area contributed by atoms with E-state index in [0.717, 1.165) is 9.98 Å². The number of rotatable bonds is 7. The molecule has 1 atom stereocenters. The Labute approximate surface area is 166 Å². The van der Waals surface area contributed by atoms with E-state index in [9.17, 15) is 16.8 Å². The molecule has 7 nitrogen and oxygen atoms in total. The molecule has 0 fully saturated rings. The van der Waals surface area contributed by atoms with E-state index in [0.29, 0.717) is 23.4 Å². The van der Waals surface area contributed by atoms with Gasteiger partial charge in [-0.25, -0.2) is 16.8 Å². The predicted octanol–water partition coefficient (Wildman–Crippen LogP) is 2.95. The maximum Gasteiger partial charge on any atom is 0.250 e. The molecule has 0 spiro atoms. The van der Waals surface area contributed by atoms with Crippen molar-refractivity contribution >= 4 is 31.4 Å². The highest BCUT2D eigenvalue weighted by molar-refractivity contribution is 7.92. The molecule has 0 amide bonds. The van der Waals surface area contributed by atoms with Gasteiger partial charge in [0.2, 0.25) is 20.0 Å². The first kappa shape index (κ1) is 20.3. The van der Waals surface area contributed by atoms with Crippen molar-refractivity contribution < 1.29 is 16.8 Å². The average molecular weight is 422 g/mol. The summed E-state index contributed by atoms with van der Waals surface area (Å²) >= 11 is 0. The van der Waals surface area contributed by atoms with Gasteiger partial charge in [-0.05, 0) is 25.5 Å². The van der Waals surface area contributed by atoms with Crippen molar-refractivity contribution in [1.29, 1.82) is 0 Å². The minimum absolute atomic E-state index is 0.0587. The van der Waals surface area contributed by atoms with Gasteiger partial charge in [-0.3, -0.25) is 4.72 Å². The standard InChI is InChI=1S/C19H23N3O4S2/c1-3-27(23,24)21-17-13-9-8-12-16(17)18-14-19(15-10-6-5-7-11-15)22(20-18)28(25,26)4-2/h5-13,19,21H,3-4,14H2,1-2H3. The molecule has 0 saturated carbocycles. The Morgan fingerprint density at radius 2 is 1.61 bits per heavy atom. The van der Waals surface area contributed by atoms with E-state index in [1.807, 2.05) is 30.3 Å². The predicted molar refractivity (Wildman–Crippen MR) is 111 cm³/mol. The van der Waals surface area contributed by atoms with E-state index >= 15 is 0 Å². The molecule has 0 aromatic heterocycles. The lowest BCUT2D eigenvalue weighted by molar-refractivity contribution is 0.372. The molecule has 2 aromatic carbocycles. The summed E-state index contributed by atoms with van der Waals surface area (Å²) in [5.74, 6) is -0.131. The highest BCUT2D eigenvalue weighted by Crippen LogP contribution is 2.36. The third-order valence-electron chi connectivity index (χ3n) is 4.59. The van der Waals surface area contributed by atoms with Gasteiger partial charge < -0.3 is 0 Å². The fraction of sp³-hybridized carbons (Fsp3) is 0.316. The van der Waals surface area contributed by atoms with Crippen molar-refractivity contribution in [3.8, 4) is 0 Å². The van der Waals surface area contributed by atoms with Crippen molar-refractivity contribution in [1.82, 2.24) is 4.41 Å². The van der Waals surface area contributed by atoms with Crippen LogP contribution in [0.3, 0.4) is 0 Å². The molecule has 9 heteroatoms. The molecular weight excluding hydrogens is 398 g/mol. The summed E-state index contributed by atoms with van der Waals surface area (Å²) in [5.41, 5.74) is 2.34. The highest BCUT2D eigenvalue weighted by atomic mass is 32.2. The fourth-order valence-corrected chi connectivity index (χ4v) is 4.76. The van der Waals surface area contributed by atoms with E-state index in [1.54, 1.807) is 38.1 Å².